The maximum Gasteiger partial charge on any atom is 0.306 e. The molecule has 110 valence electrons. The van der Waals surface area contributed by atoms with Crippen LogP contribution in [0.3, 0.4) is 0 Å². The molecule has 0 spiro atoms. The van der Waals surface area contributed by atoms with Gasteiger partial charge in [-0.1, -0.05) is 6.07 Å². The molecule has 0 aromatic heterocycles. The van der Waals surface area contributed by atoms with Crippen molar-refractivity contribution in [2.75, 3.05) is 12.9 Å². The van der Waals surface area contributed by atoms with E-state index in [1.807, 2.05) is 6.92 Å². The summed E-state index contributed by atoms with van der Waals surface area (Å²) in [5, 5.41) is 0. The minimum atomic E-state index is -0.102. The summed E-state index contributed by atoms with van der Waals surface area (Å²) in [5.41, 5.74) is 7.15. The number of halogens is 1. The summed E-state index contributed by atoms with van der Waals surface area (Å²) in [4.78, 5) is 12.6. The van der Waals surface area contributed by atoms with Crippen LogP contribution < -0.4 is 5.73 Å². The first kappa shape index (κ1) is 15.9. The molecule has 20 heavy (non-hydrogen) atoms. The largest absolute Gasteiger partial charge is 0.469 e. The van der Waals surface area contributed by atoms with Crippen LogP contribution in [-0.2, 0) is 9.53 Å². The SMILES string of the molecule is COC(=O)CC1(CSc2ccc([C@H](C)N)cc2Br)CC1. The van der Waals surface area contributed by atoms with Crippen LogP contribution in [0.5, 0.6) is 0 Å². The molecule has 0 radical (unpaired) electrons. The Hall–Kier alpha value is -0.520. The topological polar surface area (TPSA) is 52.3 Å². The van der Waals surface area contributed by atoms with E-state index in [0.29, 0.717) is 6.42 Å². The lowest BCUT2D eigenvalue weighted by Gasteiger charge is -2.14. The number of methoxy groups -OCH3 is 1. The van der Waals surface area contributed by atoms with Gasteiger partial charge in [0.1, 0.15) is 0 Å². The van der Waals surface area contributed by atoms with Crippen molar-refractivity contribution in [1.29, 1.82) is 0 Å². The van der Waals surface area contributed by atoms with E-state index in [-0.39, 0.29) is 17.4 Å². The molecule has 0 aliphatic heterocycles. The highest BCUT2D eigenvalue weighted by atomic mass is 79.9. The maximum atomic E-state index is 11.4. The van der Waals surface area contributed by atoms with E-state index in [9.17, 15) is 4.79 Å². The lowest BCUT2D eigenvalue weighted by Crippen LogP contribution is -2.13. The van der Waals surface area contributed by atoms with Gasteiger partial charge in [0.25, 0.3) is 0 Å². The second-order valence-corrected chi connectivity index (χ2v) is 7.39. The van der Waals surface area contributed by atoms with Crippen molar-refractivity contribution >= 4 is 33.7 Å². The number of hydrogen-bond donors (Lipinski definition) is 1. The highest BCUT2D eigenvalue weighted by Crippen LogP contribution is 2.52. The molecule has 1 aromatic rings. The molecule has 0 unspecified atom stereocenters. The van der Waals surface area contributed by atoms with Crippen molar-refractivity contribution in [1.82, 2.24) is 0 Å². The van der Waals surface area contributed by atoms with E-state index in [2.05, 4.69) is 34.1 Å². The highest BCUT2D eigenvalue weighted by Gasteiger charge is 2.44. The fourth-order valence-corrected chi connectivity index (χ4v) is 4.03. The van der Waals surface area contributed by atoms with Gasteiger partial charge < -0.3 is 10.5 Å². The fourth-order valence-electron chi connectivity index (χ4n) is 2.08. The Bertz CT molecular complexity index is 501. The number of carbonyl (C=O) groups is 1. The van der Waals surface area contributed by atoms with Gasteiger partial charge in [0, 0.05) is 21.2 Å². The number of rotatable bonds is 6. The average molecular weight is 358 g/mol. The molecule has 1 saturated carbocycles. The molecule has 2 N–H and O–H groups in total. The number of esters is 1. The van der Waals surface area contributed by atoms with Crippen molar-refractivity contribution in [2.45, 2.75) is 37.1 Å². The number of nitrogens with two attached hydrogens (primary N) is 1. The Morgan fingerprint density at radius 1 is 1.55 bits per heavy atom. The molecule has 0 saturated heterocycles. The number of benzene rings is 1. The Morgan fingerprint density at radius 2 is 2.25 bits per heavy atom. The Kier molecular flexibility index (Phi) is 5.15. The van der Waals surface area contributed by atoms with Gasteiger partial charge in [-0.2, -0.15) is 0 Å². The predicted octanol–water partition coefficient (Wildman–Crippen LogP) is 3.90. The molecule has 3 nitrogen and oxygen atoms in total. The van der Waals surface area contributed by atoms with Crippen molar-refractivity contribution in [3.8, 4) is 0 Å². The van der Waals surface area contributed by atoms with Gasteiger partial charge in [0.2, 0.25) is 0 Å². The maximum absolute atomic E-state index is 11.4. The summed E-state index contributed by atoms with van der Waals surface area (Å²) in [5.74, 6) is 0.854. The number of thioether (sulfide) groups is 1. The fraction of sp³-hybridized carbons (Fsp3) is 0.533. The quantitative estimate of drug-likeness (QED) is 0.619. The van der Waals surface area contributed by atoms with Gasteiger partial charge in [-0.25, -0.2) is 0 Å². The van der Waals surface area contributed by atoms with E-state index in [0.717, 1.165) is 28.6 Å². The molecule has 0 bridgehead atoms. The molecule has 1 aliphatic rings. The summed E-state index contributed by atoms with van der Waals surface area (Å²) < 4.78 is 5.85. The normalized spacial score (nSPS) is 17.6. The van der Waals surface area contributed by atoms with E-state index in [1.165, 1.54) is 12.0 Å². The molecule has 0 heterocycles. The van der Waals surface area contributed by atoms with Gasteiger partial charge in [-0.3, -0.25) is 4.79 Å². The van der Waals surface area contributed by atoms with Gasteiger partial charge in [0.15, 0.2) is 0 Å². The zero-order valence-corrected chi connectivity index (χ0v) is 14.2. The van der Waals surface area contributed by atoms with Crippen LogP contribution in [0.25, 0.3) is 0 Å². The molecule has 1 aliphatic carbocycles. The molecule has 1 aromatic carbocycles. The van der Waals surface area contributed by atoms with Crippen molar-refractivity contribution < 1.29 is 9.53 Å². The molecular weight excluding hydrogens is 338 g/mol. The first-order valence-corrected chi connectivity index (χ1v) is 8.48. The standard InChI is InChI=1S/C15H20BrNO2S/c1-10(17)11-3-4-13(12(16)7-11)20-9-15(5-6-15)8-14(18)19-2/h3-4,7,10H,5-6,8-9,17H2,1-2H3/t10-/m0/s1. The lowest BCUT2D eigenvalue weighted by molar-refractivity contribution is -0.141. The van der Waals surface area contributed by atoms with Crippen molar-refractivity contribution in [3.05, 3.63) is 28.2 Å². The molecule has 1 atom stereocenters. The van der Waals surface area contributed by atoms with Crippen LogP contribution in [0.15, 0.2) is 27.6 Å². The monoisotopic (exact) mass is 357 g/mol. The number of carbonyl (C=O) groups excluding carboxylic acids is 1. The number of hydrogen-bond acceptors (Lipinski definition) is 4. The smallest absolute Gasteiger partial charge is 0.306 e. The molecular formula is C15H20BrNO2S. The Morgan fingerprint density at radius 3 is 2.75 bits per heavy atom. The molecule has 1 fully saturated rings. The summed E-state index contributed by atoms with van der Waals surface area (Å²) in [6.07, 6.45) is 2.77. The second-order valence-electron chi connectivity index (χ2n) is 5.52. The summed E-state index contributed by atoms with van der Waals surface area (Å²) in [7, 11) is 1.45. The first-order chi connectivity index (χ1) is 9.46. The van der Waals surface area contributed by atoms with E-state index in [4.69, 9.17) is 10.5 Å². The van der Waals surface area contributed by atoms with Crippen LogP contribution in [0, 0.1) is 5.41 Å². The predicted molar refractivity (Wildman–Crippen MR) is 85.8 cm³/mol. The van der Waals surface area contributed by atoms with Crippen molar-refractivity contribution in [3.63, 3.8) is 0 Å². The summed E-state index contributed by atoms with van der Waals surface area (Å²) >= 11 is 5.39. The molecule has 0 amide bonds. The zero-order chi connectivity index (χ0) is 14.8. The van der Waals surface area contributed by atoms with Crippen LogP contribution in [-0.4, -0.2) is 18.8 Å². The highest BCUT2D eigenvalue weighted by molar-refractivity contribution is 9.10. The summed E-state index contributed by atoms with van der Waals surface area (Å²) in [6, 6.07) is 6.28. The molecule has 5 heteroatoms. The Labute approximate surface area is 132 Å². The second kappa shape index (κ2) is 6.50. The van der Waals surface area contributed by atoms with Gasteiger partial charge in [0.05, 0.1) is 13.5 Å². The third kappa shape index (κ3) is 3.99. The van der Waals surface area contributed by atoms with Crippen LogP contribution >= 0.6 is 27.7 Å². The van der Waals surface area contributed by atoms with Gasteiger partial charge >= 0.3 is 5.97 Å². The van der Waals surface area contributed by atoms with E-state index < -0.39 is 0 Å². The third-order valence-corrected chi connectivity index (χ3v) is 6.06. The van der Waals surface area contributed by atoms with Crippen LogP contribution in [0.1, 0.15) is 37.8 Å². The zero-order valence-electron chi connectivity index (χ0n) is 11.8. The van der Waals surface area contributed by atoms with E-state index in [1.54, 1.807) is 11.8 Å². The minimum Gasteiger partial charge on any atom is -0.469 e. The third-order valence-electron chi connectivity index (χ3n) is 3.72. The van der Waals surface area contributed by atoms with E-state index >= 15 is 0 Å². The van der Waals surface area contributed by atoms with Gasteiger partial charge in [-0.15, -0.1) is 11.8 Å². The average Bonchev–Trinajstić information content (AvgIpc) is 3.17. The minimum absolute atomic E-state index is 0.0412. The number of ether oxygens (including phenoxy) is 1. The van der Waals surface area contributed by atoms with Crippen LogP contribution in [0.2, 0.25) is 0 Å². The van der Waals surface area contributed by atoms with Gasteiger partial charge in [-0.05, 0) is 58.8 Å². The molecule has 2 rings (SSSR count). The lowest BCUT2D eigenvalue weighted by atomic mass is 10.1. The van der Waals surface area contributed by atoms with Crippen LogP contribution in [0.4, 0.5) is 0 Å². The first-order valence-electron chi connectivity index (χ1n) is 6.70. The summed E-state index contributed by atoms with van der Waals surface area (Å²) in [6.45, 7) is 1.98. The Balaban J connectivity index is 1.96. The van der Waals surface area contributed by atoms with Crippen molar-refractivity contribution in [2.24, 2.45) is 11.1 Å².